The first-order valence-corrected chi connectivity index (χ1v) is 17.4. The molecule has 1 N–H and O–H groups in total. The van der Waals surface area contributed by atoms with Gasteiger partial charge < -0.3 is 10.2 Å². The van der Waals surface area contributed by atoms with Crippen LogP contribution >= 0.6 is 34.8 Å². The molecule has 0 saturated heterocycles. The maximum Gasteiger partial charge on any atom is 0.264 e. The van der Waals surface area contributed by atoms with E-state index in [0.717, 1.165) is 15.4 Å². The molecule has 4 aromatic carbocycles. The third-order valence-electron chi connectivity index (χ3n) is 7.72. The topological polar surface area (TPSA) is 86.8 Å². The highest BCUT2D eigenvalue weighted by atomic mass is 35.5. The predicted molar refractivity (Wildman–Crippen MR) is 186 cm³/mol. The lowest BCUT2D eigenvalue weighted by Crippen LogP contribution is -2.54. The first-order valence-electron chi connectivity index (χ1n) is 14.8. The number of nitrogens with zero attached hydrogens (tertiary/aromatic N) is 2. The molecule has 2 atom stereocenters. The van der Waals surface area contributed by atoms with E-state index in [1.165, 1.54) is 23.1 Å². The Morgan fingerprint density at radius 3 is 2.02 bits per heavy atom. The van der Waals surface area contributed by atoms with Gasteiger partial charge in [-0.3, -0.25) is 13.9 Å². The van der Waals surface area contributed by atoms with Gasteiger partial charge in [0.15, 0.2) is 0 Å². The van der Waals surface area contributed by atoms with Crippen molar-refractivity contribution in [3.05, 3.63) is 129 Å². The molecule has 0 unspecified atom stereocenters. The van der Waals surface area contributed by atoms with Crippen molar-refractivity contribution in [2.45, 2.75) is 57.1 Å². The molecule has 0 heterocycles. The second-order valence-corrected chi connectivity index (χ2v) is 14.1. The van der Waals surface area contributed by atoms with E-state index in [9.17, 15) is 18.0 Å². The molecule has 0 aliphatic carbocycles. The summed E-state index contributed by atoms with van der Waals surface area (Å²) in [6.45, 7) is 4.86. The Balaban J connectivity index is 1.85. The van der Waals surface area contributed by atoms with Crippen LogP contribution in [0.1, 0.15) is 37.0 Å². The van der Waals surface area contributed by atoms with Gasteiger partial charge >= 0.3 is 0 Å². The molecule has 242 valence electrons. The van der Waals surface area contributed by atoms with Gasteiger partial charge in [0.1, 0.15) is 12.6 Å². The number of carbonyl (C=O) groups is 2. The molecule has 0 fully saturated rings. The molecule has 0 radical (unpaired) electrons. The van der Waals surface area contributed by atoms with Crippen molar-refractivity contribution in [1.82, 2.24) is 10.2 Å². The van der Waals surface area contributed by atoms with Crippen LogP contribution in [0.15, 0.2) is 102 Å². The fourth-order valence-corrected chi connectivity index (χ4v) is 6.95. The number of benzene rings is 4. The van der Waals surface area contributed by atoms with Crippen LogP contribution in [-0.2, 0) is 32.6 Å². The molecule has 11 heteroatoms. The normalized spacial score (nSPS) is 12.7. The van der Waals surface area contributed by atoms with Crippen molar-refractivity contribution in [2.75, 3.05) is 10.8 Å². The minimum absolute atomic E-state index is 0.00413. The smallest absolute Gasteiger partial charge is 0.264 e. The Morgan fingerprint density at radius 1 is 0.826 bits per heavy atom. The first-order chi connectivity index (χ1) is 21.9. The van der Waals surface area contributed by atoms with E-state index in [0.29, 0.717) is 27.1 Å². The third-order valence-corrected chi connectivity index (χ3v) is 10.6. The molecule has 0 aromatic heterocycles. The van der Waals surface area contributed by atoms with Crippen LogP contribution in [0.2, 0.25) is 15.1 Å². The lowest BCUT2D eigenvalue weighted by Gasteiger charge is -2.34. The first kappa shape index (κ1) is 35.3. The fourth-order valence-electron chi connectivity index (χ4n) is 4.83. The van der Waals surface area contributed by atoms with Gasteiger partial charge in [0, 0.05) is 39.6 Å². The molecular weight excluding hydrogens is 665 g/mol. The van der Waals surface area contributed by atoms with E-state index in [4.69, 9.17) is 34.8 Å². The predicted octanol–water partition coefficient (Wildman–Crippen LogP) is 7.71. The van der Waals surface area contributed by atoms with E-state index in [1.54, 1.807) is 55.5 Å². The lowest BCUT2D eigenvalue weighted by molar-refractivity contribution is -0.140. The number of anilines is 1. The Bertz CT molecular complexity index is 1750. The van der Waals surface area contributed by atoms with Gasteiger partial charge in [-0.1, -0.05) is 102 Å². The third kappa shape index (κ3) is 8.62. The zero-order chi connectivity index (χ0) is 33.4. The number of amides is 2. The zero-order valence-electron chi connectivity index (χ0n) is 25.8. The van der Waals surface area contributed by atoms with Crippen molar-refractivity contribution in [1.29, 1.82) is 0 Å². The second-order valence-electron chi connectivity index (χ2n) is 11.0. The highest BCUT2D eigenvalue weighted by molar-refractivity contribution is 7.92. The number of sulfonamides is 1. The van der Waals surface area contributed by atoms with Crippen molar-refractivity contribution in [3.63, 3.8) is 0 Å². The van der Waals surface area contributed by atoms with E-state index in [2.05, 4.69) is 5.32 Å². The van der Waals surface area contributed by atoms with E-state index >= 15 is 0 Å². The highest BCUT2D eigenvalue weighted by Crippen LogP contribution is 2.30. The summed E-state index contributed by atoms with van der Waals surface area (Å²) in [4.78, 5) is 29.9. The molecule has 4 aromatic rings. The molecule has 0 aliphatic heterocycles. The Labute approximate surface area is 286 Å². The van der Waals surface area contributed by atoms with Gasteiger partial charge in [-0.15, -0.1) is 0 Å². The van der Waals surface area contributed by atoms with Crippen molar-refractivity contribution in [2.24, 2.45) is 0 Å². The molecule has 0 saturated carbocycles. The summed E-state index contributed by atoms with van der Waals surface area (Å²) in [6.07, 6.45) is 0.837. The lowest BCUT2D eigenvalue weighted by atomic mass is 10.0. The van der Waals surface area contributed by atoms with Crippen LogP contribution in [0.5, 0.6) is 0 Å². The monoisotopic (exact) mass is 699 g/mol. The molecule has 0 spiro atoms. The summed E-state index contributed by atoms with van der Waals surface area (Å²) in [5.41, 5.74) is 2.19. The largest absolute Gasteiger partial charge is 0.352 e. The number of hydrogen-bond donors (Lipinski definition) is 1. The Hall–Kier alpha value is -3.56. The van der Waals surface area contributed by atoms with Gasteiger partial charge in [0.2, 0.25) is 11.8 Å². The quantitative estimate of drug-likeness (QED) is 0.155. The SMILES string of the molecule is CC[C@H](C)NC(=O)[C@@H](Cc1ccccc1)N(Cc1c(Cl)cccc1Cl)C(=O)CN(c1ccc(C)c(Cl)c1)S(=O)(=O)c1ccccc1. The minimum Gasteiger partial charge on any atom is -0.352 e. The second kappa shape index (κ2) is 15.8. The fraction of sp³-hybridized carbons (Fsp3) is 0.257. The molecule has 0 aliphatic rings. The standard InChI is InChI=1S/C35H36Cl3N3O4S/c1-4-25(3)39-35(43)33(20-26-12-7-5-8-13-26)40(22-29-30(36)16-11-17-31(29)37)34(42)23-41(27-19-18-24(2)32(38)21-27)46(44,45)28-14-9-6-10-15-28/h5-19,21,25,33H,4,20,22-23H2,1-3H3,(H,39,43)/t25-,33+/m0/s1. The Morgan fingerprint density at radius 2 is 1.43 bits per heavy atom. The van der Waals surface area contributed by atoms with Crippen molar-refractivity contribution >= 4 is 62.3 Å². The molecule has 46 heavy (non-hydrogen) atoms. The van der Waals surface area contributed by atoms with Gasteiger partial charge in [-0.25, -0.2) is 8.42 Å². The maximum absolute atomic E-state index is 14.6. The highest BCUT2D eigenvalue weighted by Gasteiger charge is 2.35. The summed E-state index contributed by atoms with van der Waals surface area (Å²) >= 11 is 19.6. The van der Waals surface area contributed by atoms with Crippen molar-refractivity contribution in [3.8, 4) is 0 Å². The maximum atomic E-state index is 14.6. The number of hydrogen-bond acceptors (Lipinski definition) is 4. The summed E-state index contributed by atoms with van der Waals surface area (Å²) in [7, 11) is -4.25. The number of carbonyl (C=O) groups excluding carboxylic acids is 2. The number of rotatable bonds is 13. The van der Waals surface area contributed by atoms with Crippen LogP contribution in [0.25, 0.3) is 0 Å². The van der Waals surface area contributed by atoms with Gasteiger partial charge in [-0.05, 0) is 67.8 Å². The molecule has 4 rings (SSSR count). The minimum atomic E-state index is -4.25. The van der Waals surface area contributed by atoms with Crippen molar-refractivity contribution < 1.29 is 18.0 Å². The van der Waals surface area contributed by atoms with E-state index < -0.39 is 28.5 Å². The van der Waals surface area contributed by atoms with Crippen LogP contribution in [0.3, 0.4) is 0 Å². The van der Waals surface area contributed by atoms with Gasteiger partial charge in [0.25, 0.3) is 10.0 Å². The van der Waals surface area contributed by atoms with Crippen LogP contribution < -0.4 is 9.62 Å². The number of aryl methyl sites for hydroxylation is 1. The molecule has 7 nitrogen and oxygen atoms in total. The molecular formula is C35H36Cl3N3O4S. The summed E-state index contributed by atoms with van der Waals surface area (Å²) in [5.74, 6) is -1.02. The van der Waals surface area contributed by atoms with Crippen LogP contribution in [-0.4, -0.2) is 43.8 Å². The Kier molecular flexibility index (Phi) is 12.1. The van der Waals surface area contributed by atoms with E-state index in [1.807, 2.05) is 44.2 Å². The van der Waals surface area contributed by atoms with E-state index in [-0.39, 0.29) is 35.5 Å². The van der Waals surface area contributed by atoms with Crippen LogP contribution in [0.4, 0.5) is 5.69 Å². The summed E-state index contributed by atoms with van der Waals surface area (Å²) < 4.78 is 29.3. The van der Waals surface area contributed by atoms with Gasteiger partial charge in [-0.2, -0.15) is 0 Å². The summed E-state index contributed by atoms with van der Waals surface area (Å²) in [5, 5.41) is 3.97. The van der Waals surface area contributed by atoms with Crippen LogP contribution in [0, 0.1) is 6.92 Å². The average molecular weight is 701 g/mol. The summed E-state index contributed by atoms with van der Waals surface area (Å²) in [6, 6.07) is 25.7. The molecule has 2 amide bonds. The van der Waals surface area contributed by atoms with Gasteiger partial charge in [0.05, 0.1) is 10.6 Å². The average Bonchev–Trinajstić information content (AvgIpc) is 3.04. The number of halogens is 3. The zero-order valence-corrected chi connectivity index (χ0v) is 28.9. The number of nitrogens with one attached hydrogen (secondary N) is 1. The molecule has 0 bridgehead atoms.